The highest BCUT2D eigenvalue weighted by Gasteiger charge is 2.21. The van der Waals surface area contributed by atoms with Crippen LogP contribution in [0.1, 0.15) is 40.5 Å². The van der Waals surface area contributed by atoms with Crippen molar-refractivity contribution in [1.82, 2.24) is 10.2 Å². The minimum atomic E-state index is 0.393. The van der Waals surface area contributed by atoms with Crippen molar-refractivity contribution in [3.63, 3.8) is 0 Å². The normalized spacial score (nSPS) is 26.6. The fourth-order valence-corrected chi connectivity index (χ4v) is 2.28. The van der Waals surface area contributed by atoms with Crippen LogP contribution in [0.3, 0.4) is 0 Å². The van der Waals surface area contributed by atoms with Gasteiger partial charge in [0.25, 0.3) is 0 Å². The highest BCUT2D eigenvalue weighted by atomic mass is 16.5. The Labute approximate surface area is 101 Å². The van der Waals surface area contributed by atoms with Crippen LogP contribution in [-0.2, 0) is 4.74 Å². The first kappa shape index (κ1) is 13.9. The Kier molecular flexibility index (Phi) is 6.32. The first-order chi connectivity index (χ1) is 7.63. The number of morpholine rings is 1. The van der Waals surface area contributed by atoms with E-state index in [0.717, 1.165) is 26.2 Å². The molecule has 16 heavy (non-hydrogen) atoms. The van der Waals surface area contributed by atoms with Gasteiger partial charge in [-0.2, -0.15) is 0 Å². The summed E-state index contributed by atoms with van der Waals surface area (Å²) in [7, 11) is 0. The maximum Gasteiger partial charge on any atom is 0.0674 e. The second kappa shape index (κ2) is 7.25. The SMILES string of the molecule is CCCC(C)NCC(C)N1CCOC(C)C1. The molecule has 1 N–H and O–H groups in total. The standard InChI is InChI=1S/C13H28N2O/c1-5-6-11(2)14-9-12(3)15-7-8-16-13(4)10-15/h11-14H,5-10H2,1-4H3. The molecule has 0 aromatic carbocycles. The van der Waals surface area contributed by atoms with Crippen molar-refractivity contribution in [3.05, 3.63) is 0 Å². The van der Waals surface area contributed by atoms with Crippen molar-refractivity contribution >= 4 is 0 Å². The molecule has 1 aliphatic heterocycles. The van der Waals surface area contributed by atoms with E-state index in [9.17, 15) is 0 Å². The van der Waals surface area contributed by atoms with Crippen LogP contribution in [0.15, 0.2) is 0 Å². The zero-order valence-corrected chi connectivity index (χ0v) is 11.3. The van der Waals surface area contributed by atoms with Gasteiger partial charge in [0.15, 0.2) is 0 Å². The topological polar surface area (TPSA) is 24.5 Å². The van der Waals surface area contributed by atoms with Crippen molar-refractivity contribution < 1.29 is 4.74 Å². The molecule has 1 fully saturated rings. The molecule has 1 rings (SSSR count). The van der Waals surface area contributed by atoms with Gasteiger partial charge in [0.1, 0.15) is 0 Å². The Morgan fingerprint density at radius 3 is 2.81 bits per heavy atom. The minimum absolute atomic E-state index is 0.393. The molecule has 0 spiro atoms. The summed E-state index contributed by atoms with van der Waals surface area (Å²) in [5, 5.41) is 3.61. The average Bonchev–Trinajstić information content (AvgIpc) is 2.26. The Morgan fingerprint density at radius 2 is 2.19 bits per heavy atom. The zero-order chi connectivity index (χ0) is 12.0. The fourth-order valence-electron chi connectivity index (χ4n) is 2.28. The second-order valence-corrected chi connectivity index (χ2v) is 5.12. The summed E-state index contributed by atoms with van der Waals surface area (Å²) < 4.78 is 5.56. The van der Waals surface area contributed by atoms with Gasteiger partial charge in [0.2, 0.25) is 0 Å². The van der Waals surface area contributed by atoms with Gasteiger partial charge in [-0.05, 0) is 27.2 Å². The Bertz CT molecular complexity index is 187. The van der Waals surface area contributed by atoms with Gasteiger partial charge < -0.3 is 10.1 Å². The summed E-state index contributed by atoms with van der Waals surface area (Å²) >= 11 is 0. The van der Waals surface area contributed by atoms with Crippen LogP contribution in [0.5, 0.6) is 0 Å². The van der Waals surface area contributed by atoms with Crippen molar-refractivity contribution in [2.24, 2.45) is 0 Å². The summed E-state index contributed by atoms with van der Waals surface area (Å²) in [5.41, 5.74) is 0. The lowest BCUT2D eigenvalue weighted by Gasteiger charge is -2.36. The van der Waals surface area contributed by atoms with Gasteiger partial charge in [-0.1, -0.05) is 13.3 Å². The number of hydrogen-bond donors (Lipinski definition) is 1. The molecule has 3 unspecified atom stereocenters. The van der Waals surface area contributed by atoms with Gasteiger partial charge in [0, 0.05) is 31.7 Å². The van der Waals surface area contributed by atoms with E-state index in [2.05, 4.69) is 37.9 Å². The third-order valence-electron chi connectivity index (χ3n) is 3.38. The van der Waals surface area contributed by atoms with Crippen molar-refractivity contribution in [3.8, 4) is 0 Å². The quantitative estimate of drug-likeness (QED) is 0.751. The van der Waals surface area contributed by atoms with Crippen molar-refractivity contribution in [2.75, 3.05) is 26.2 Å². The van der Waals surface area contributed by atoms with Gasteiger partial charge in [0.05, 0.1) is 12.7 Å². The summed E-state index contributed by atoms with van der Waals surface area (Å²) in [6, 6.07) is 1.26. The van der Waals surface area contributed by atoms with E-state index in [4.69, 9.17) is 4.74 Å². The molecule has 0 aromatic heterocycles. The molecule has 1 aliphatic rings. The maximum atomic E-state index is 5.56. The first-order valence-corrected chi connectivity index (χ1v) is 6.72. The van der Waals surface area contributed by atoms with Crippen molar-refractivity contribution in [1.29, 1.82) is 0 Å². The molecule has 96 valence electrons. The number of rotatable bonds is 6. The van der Waals surface area contributed by atoms with Crippen LogP contribution in [-0.4, -0.2) is 49.3 Å². The molecule has 0 bridgehead atoms. The van der Waals surface area contributed by atoms with Crippen LogP contribution in [0.4, 0.5) is 0 Å². The third kappa shape index (κ3) is 4.81. The fraction of sp³-hybridized carbons (Fsp3) is 1.00. The van der Waals surface area contributed by atoms with E-state index in [1.807, 2.05) is 0 Å². The van der Waals surface area contributed by atoms with Gasteiger partial charge >= 0.3 is 0 Å². The van der Waals surface area contributed by atoms with Gasteiger partial charge in [-0.3, -0.25) is 4.90 Å². The van der Waals surface area contributed by atoms with E-state index in [-0.39, 0.29) is 0 Å². The Balaban J connectivity index is 2.20. The molecule has 0 aliphatic carbocycles. The summed E-state index contributed by atoms with van der Waals surface area (Å²) in [4.78, 5) is 2.53. The lowest BCUT2D eigenvalue weighted by atomic mass is 10.1. The van der Waals surface area contributed by atoms with Crippen LogP contribution < -0.4 is 5.32 Å². The largest absolute Gasteiger partial charge is 0.376 e. The number of ether oxygens (including phenoxy) is 1. The summed E-state index contributed by atoms with van der Waals surface area (Å²) in [6.07, 6.45) is 2.92. The highest BCUT2D eigenvalue weighted by molar-refractivity contribution is 4.76. The van der Waals surface area contributed by atoms with E-state index in [1.165, 1.54) is 12.8 Å². The molecule has 1 saturated heterocycles. The van der Waals surface area contributed by atoms with Crippen molar-refractivity contribution in [2.45, 2.75) is 58.7 Å². The molecule has 0 amide bonds. The lowest BCUT2D eigenvalue weighted by Crippen LogP contribution is -2.49. The van der Waals surface area contributed by atoms with Gasteiger partial charge in [-0.15, -0.1) is 0 Å². The molecule has 0 saturated carbocycles. The molecule has 3 heteroatoms. The zero-order valence-electron chi connectivity index (χ0n) is 11.3. The Hall–Kier alpha value is -0.120. The average molecular weight is 228 g/mol. The highest BCUT2D eigenvalue weighted by Crippen LogP contribution is 2.08. The third-order valence-corrected chi connectivity index (χ3v) is 3.38. The van der Waals surface area contributed by atoms with Crippen LogP contribution >= 0.6 is 0 Å². The predicted molar refractivity (Wildman–Crippen MR) is 68.8 cm³/mol. The minimum Gasteiger partial charge on any atom is -0.376 e. The van der Waals surface area contributed by atoms with Crippen LogP contribution in [0.2, 0.25) is 0 Å². The van der Waals surface area contributed by atoms with E-state index < -0.39 is 0 Å². The smallest absolute Gasteiger partial charge is 0.0674 e. The first-order valence-electron chi connectivity index (χ1n) is 6.72. The number of hydrogen-bond acceptors (Lipinski definition) is 3. The van der Waals surface area contributed by atoms with E-state index in [1.54, 1.807) is 0 Å². The molecule has 0 radical (unpaired) electrons. The molecule has 1 heterocycles. The van der Waals surface area contributed by atoms with Gasteiger partial charge in [-0.25, -0.2) is 0 Å². The number of nitrogens with one attached hydrogen (secondary N) is 1. The monoisotopic (exact) mass is 228 g/mol. The maximum absolute atomic E-state index is 5.56. The second-order valence-electron chi connectivity index (χ2n) is 5.12. The predicted octanol–water partition coefficient (Wildman–Crippen LogP) is 1.87. The van der Waals surface area contributed by atoms with Crippen LogP contribution in [0, 0.1) is 0 Å². The van der Waals surface area contributed by atoms with E-state index >= 15 is 0 Å². The Morgan fingerprint density at radius 1 is 1.44 bits per heavy atom. The molecule has 3 nitrogen and oxygen atoms in total. The van der Waals surface area contributed by atoms with Crippen LogP contribution in [0.25, 0.3) is 0 Å². The molecule has 0 aromatic rings. The number of nitrogens with zero attached hydrogens (tertiary/aromatic N) is 1. The molecule has 3 atom stereocenters. The summed E-state index contributed by atoms with van der Waals surface area (Å²) in [5.74, 6) is 0. The molecular weight excluding hydrogens is 200 g/mol. The lowest BCUT2D eigenvalue weighted by molar-refractivity contribution is -0.0314. The molecular formula is C13H28N2O. The summed E-state index contributed by atoms with van der Waals surface area (Å²) in [6.45, 7) is 13.1. The van der Waals surface area contributed by atoms with E-state index in [0.29, 0.717) is 18.2 Å².